The van der Waals surface area contributed by atoms with Crippen LogP contribution < -0.4 is 10.1 Å². The molecule has 1 N–H and O–H groups in total. The van der Waals surface area contributed by atoms with Crippen LogP contribution in [0.3, 0.4) is 0 Å². The predicted molar refractivity (Wildman–Crippen MR) is 115 cm³/mol. The maximum atomic E-state index is 12.4. The van der Waals surface area contributed by atoms with E-state index in [-0.39, 0.29) is 17.6 Å². The van der Waals surface area contributed by atoms with Crippen LogP contribution in [-0.2, 0) is 16.0 Å². The fourth-order valence-corrected chi connectivity index (χ4v) is 4.25. The minimum Gasteiger partial charge on any atom is -0.497 e. The average Bonchev–Trinajstić information content (AvgIpc) is 3.14. The molecule has 0 aliphatic carbocycles. The molecular weight excluding hydrogens is 394 g/mol. The molecule has 8 heteroatoms. The Bertz CT molecular complexity index is 756. The zero-order valence-corrected chi connectivity index (χ0v) is 18.2. The molecule has 28 heavy (non-hydrogen) atoms. The highest BCUT2D eigenvalue weighted by atomic mass is 32.2. The van der Waals surface area contributed by atoms with Gasteiger partial charge in [0.15, 0.2) is 4.34 Å². The lowest BCUT2D eigenvalue weighted by molar-refractivity contribution is -0.130. The van der Waals surface area contributed by atoms with Crippen molar-refractivity contribution < 1.29 is 14.3 Å². The van der Waals surface area contributed by atoms with Crippen molar-refractivity contribution in [2.75, 3.05) is 31.3 Å². The highest BCUT2D eigenvalue weighted by molar-refractivity contribution is 8.01. The quantitative estimate of drug-likeness (QED) is 0.554. The molecule has 0 atom stereocenters. The molecule has 2 aromatic rings. The summed E-state index contributed by atoms with van der Waals surface area (Å²) in [6, 6.07) is 7.19. The van der Waals surface area contributed by atoms with Gasteiger partial charge in [0, 0.05) is 24.2 Å². The van der Waals surface area contributed by atoms with Crippen LogP contribution in [0.1, 0.15) is 32.4 Å². The van der Waals surface area contributed by atoms with E-state index in [4.69, 9.17) is 4.74 Å². The summed E-state index contributed by atoms with van der Waals surface area (Å²) < 4.78 is 5.90. The molecule has 0 aliphatic heterocycles. The number of hydrogen-bond donors (Lipinski definition) is 1. The molecule has 0 saturated carbocycles. The summed E-state index contributed by atoms with van der Waals surface area (Å²) in [6.45, 7) is 5.71. The van der Waals surface area contributed by atoms with Crippen molar-refractivity contribution in [3.63, 3.8) is 0 Å². The Labute approximate surface area is 174 Å². The van der Waals surface area contributed by atoms with Gasteiger partial charge in [-0.25, -0.2) is 4.98 Å². The molecular formula is C20H27N3O3S2. The Kier molecular flexibility index (Phi) is 9.30. The molecule has 2 amide bonds. The van der Waals surface area contributed by atoms with Gasteiger partial charge in [-0.05, 0) is 37.1 Å². The summed E-state index contributed by atoms with van der Waals surface area (Å²) in [4.78, 5) is 30.9. The molecule has 152 valence electrons. The van der Waals surface area contributed by atoms with Crippen molar-refractivity contribution in [2.24, 2.45) is 0 Å². The van der Waals surface area contributed by atoms with E-state index in [1.54, 1.807) is 31.4 Å². The van der Waals surface area contributed by atoms with E-state index in [9.17, 15) is 9.59 Å². The largest absolute Gasteiger partial charge is 0.497 e. The summed E-state index contributed by atoms with van der Waals surface area (Å²) in [7, 11) is 1.60. The second-order valence-corrected chi connectivity index (χ2v) is 8.31. The van der Waals surface area contributed by atoms with Crippen LogP contribution in [0, 0.1) is 0 Å². The van der Waals surface area contributed by atoms with Crippen molar-refractivity contribution >= 4 is 40.6 Å². The predicted octanol–water partition coefficient (Wildman–Crippen LogP) is 4.07. The number of carbonyl (C=O) groups excluding carboxylic acids is 2. The number of aromatic nitrogens is 1. The van der Waals surface area contributed by atoms with Crippen LogP contribution in [0.2, 0.25) is 0 Å². The molecule has 0 unspecified atom stereocenters. The number of thiazole rings is 1. The Morgan fingerprint density at radius 3 is 2.46 bits per heavy atom. The molecule has 0 spiro atoms. The van der Waals surface area contributed by atoms with Crippen LogP contribution in [-0.4, -0.2) is 47.7 Å². The standard InChI is InChI=1S/C20H27N3O3S2/c1-4-10-23(11-5-2)19(25)12-16-13-27-20(22-16)28-14-18(24)21-15-6-8-17(26-3)9-7-15/h6-9,13H,4-5,10-12,14H2,1-3H3,(H,21,24). The van der Waals surface area contributed by atoms with Crippen molar-refractivity contribution in [1.29, 1.82) is 0 Å². The first-order valence-electron chi connectivity index (χ1n) is 9.34. The van der Waals surface area contributed by atoms with Gasteiger partial charge >= 0.3 is 0 Å². The third kappa shape index (κ3) is 7.16. The van der Waals surface area contributed by atoms with E-state index in [1.807, 2.05) is 10.3 Å². The van der Waals surface area contributed by atoms with E-state index >= 15 is 0 Å². The maximum absolute atomic E-state index is 12.4. The minimum absolute atomic E-state index is 0.0972. The fraction of sp³-hybridized carbons (Fsp3) is 0.450. The van der Waals surface area contributed by atoms with Gasteiger partial charge < -0.3 is 15.0 Å². The first-order valence-corrected chi connectivity index (χ1v) is 11.2. The van der Waals surface area contributed by atoms with E-state index in [0.717, 1.165) is 47.4 Å². The Hall–Kier alpha value is -2.06. The summed E-state index contributed by atoms with van der Waals surface area (Å²) in [5, 5.41) is 4.75. The number of anilines is 1. The number of benzene rings is 1. The highest BCUT2D eigenvalue weighted by Crippen LogP contribution is 2.23. The SMILES string of the molecule is CCCN(CCC)C(=O)Cc1csc(SCC(=O)Nc2ccc(OC)cc2)n1. The van der Waals surface area contributed by atoms with E-state index < -0.39 is 0 Å². The van der Waals surface area contributed by atoms with Gasteiger partial charge in [-0.3, -0.25) is 9.59 Å². The molecule has 2 rings (SSSR count). The molecule has 6 nitrogen and oxygen atoms in total. The van der Waals surface area contributed by atoms with Gasteiger partial charge in [0.05, 0.1) is 25.0 Å². The smallest absolute Gasteiger partial charge is 0.234 e. The highest BCUT2D eigenvalue weighted by Gasteiger charge is 2.15. The third-order valence-electron chi connectivity index (χ3n) is 3.90. The van der Waals surface area contributed by atoms with Gasteiger partial charge in [0.2, 0.25) is 11.8 Å². The lowest BCUT2D eigenvalue weighted by Crippen LogP contribution is -2.33. The molecule has 0 saturated heterocycles. The number of nitrogens with zero attached hydrogens (tertiary/aromatic N) is 2. The average molecular weight is 422 g/mol. The van der Waals surface area contributed by atoms with E-state index in [2.05, 4.69) is 24.1 Å². The zero-order valence-electron chi connectivity index (χ0n) is 16.6. The zero-order chi connectivity index (χ0) is 20.4. The monoisotopic (exact) mass is 421 g/mol. The van der Waals surface area contributed by atoms with Gasteiger partial charge in [0.1, 0.15) is 5.75 Å². The number of rotatable bonds is 11. The van der Waals surface area contributed by atoms with Gasteiger partial charge in [-0.15, -0.1) is 11.3 Å². The second-order valence-electron chi connectivity index (χ2n) is 6.23. The van der Waals surface area contributed by atoms with Crippen molar-refractivity contribution in [3.8, 4) is 5.75 Å². The number of amides is 2. The number of carbonyl (C=O) groups is 2. The molecule has 0 bridgehead atoms. The van der Waals surface area contributed by atoms with Crippen LogP contribution in [0.25, 0.3) is 0 Å². The topological polar surface area (TPSA) is 71.5 Å². The number of nitrogens with one attached hydrogen (secondary N) is 1. The Balaban J connectivity index is 1.81. The molecule has 0 fully saturated rings. The summed E-state index contributed by atoms with van der Waals surface area (Å²) >= 11 is 2.85. The fourth-order valence-electron chi connectivity index (χ4n) is 2.60. The Morgan fingerprint density at radius 1 is 1.18 bits per heavy atom. The van der Waals surface area contributed by atoms with E-state index in [0.29, 0.717) is 6.42 Å². The van der Waals surface area contributed by atoms with Crippen molar-refractivity contribution in [1.82, 2.24) is 9.88 Å². The first-order chi connectivity index (χ1) is 13.5. The lowest BCUT2D eigenvalue weighted by atomic mass is 10.2. The summed E-state index contributed by atoms with van der Waals surface area (Å²) in [6.07, 6.45) is 2.22. The molecule has 1 heterocycles. The van der Waals surface area contributed by atoms with Gasteiger partial charge in [-0.1, -0.05) is 25.6 Å². The minimum atomic E-state index is -0.0972. The number of thioether (sulfide) groups is 1. The molecule has 0 aliphatic rings. The van der Waals surface area contributed by atoms with Crippen molar-refractivity contribution in [2.45, 2.75) is 37.4 Å². The second kappa shape index (κ2) is 11.7. The van der Waals surface area contributed by atoms with Crippen LogP contribution in [0.15, 0.2) is 34.0 Å². The first kappa shape index (κ1) is 22.2. The molecule has 0 radical (unpaired) electrons. The third-order valence-corrected chi connectivity index (χ3v) is 5.97. The van der Waals surface area contributed by atoms with E-state index in [1.165, 1.54) is 23.1 Å². The van der Waals surface area contributed by atoms with Crippen LogP contribution in [0.4, 0.5) is 5.69 Å². The molecule has 1 aromatic heterocycles. The maximum Gasteiger partial charge on any atom is 0.234 e. The summed E-state index contributed by atoms with van der Waals surface area (Å²) in [5.41, 5.74) is 1.49. The Morgan fingerprint density at radius 2 is 1.86 bits per heavy atom. The van der Waals surface area contributed by atoms with Gasteiger partial charge in [-0.2, -0.15) is 0 Å². The number of methoxy groups -OCH3 is 1. The van der Waals surface area contributed by atoms with Crippen LogP contribution in [0.5, 0.6) is 5.75 Å². The van der Waals surface area contributed by atoms with Crippen molar-refractivity contribution in [3.05, 3.63) is 35.3 Å². The van der Waals surface area contributed by atoms with Crippen LogP contribution >= 0.6 is 23.1 Å². The molecule has 1 aromatic carbocycles. The lowest BCUT2D eigenvalue weighted by Gasteiger charge is -2.20. The number of ether oxygens (including phenoxy) is 1. The normalized spacial score (nSPS) is 10.5. The van der Waals surface area contributed by atoms with Gasteiger partial charge in [0.25, 0.3) is 0 Å². The summed E-state index contributed by atoms with van der Waals surface area (Å²) in [5.74, 6) is 1.03. The number of hydrogen-bond acceptors (Lipinski definition) is 6.